The van der Waals surface area contributed by atoms with Crippen molar-refractivity contribution in [1.82, 2.24) is 14.5 Å². The van der Waals surface area contributed by atoms with Gasteiger partial charge in [0, 0.05) is 38.6 Å². The molecule has 0 unspecified atom stereocenters. The second kappa shape index (κ2) is 13.2. The third-order valence-corrected chi connectivity index (χ3v) is 12.8. The minimum atomic E-state index is -0.183. The van der Waals surface area contributed by atoms with E-state index in [9.17, 15) is 0 Å². The number of hydrogen-bond acceptors (Lipinski definition) is 2. The van der Waals surface area contributed by atoms with Crippen LogP contribution in [0.4, 0.5) is 0 Å². The molecule has 0 spiro atoms. The summed E-state index contributed by atoms with van der Waals surface area (Å²) in [7, 11) is 0. The van der Waals surface area contributed by atoms with Crippen LogP contribution in [0.25, 0.3) is 105 Å². The molecule has 282 valence electrons. The lowest BCUT2D eigenvalue weighted by Crippen LogP contribution is -2.16. The molecule has 0 fully saturated rings. The van der Waals surface area contributed by atoms with E-state index in [4.69, 9.17) is 9.97 Å². The molecule has 0 saturated heterocycles. The molecule has 0 bridgehead atoms. The van der Waals surface area contributed by atoms with Gasteiger partial charge in [0.15, 0.2) is 5.82 Å². The van der Waals surface area contributed by atoms with Crippen LogP contribution in [0.3, 0.4) is 0 Å². The van der Waals surface area contributed by atoms with Gasteiger partial charge in [0.05, 0.1) is 22.4 Å². The van der Waals surface area contributed by atoms with E-state index < -0.39 is 0 Å². The van der Waals surface area contributed by atoms with Crippen molar-refractivity contribution in [2.45, 2.75) is 19.3 Å². The largest absolute Gasteiger partial charge is 0.309 e. The summed E-state index contributed by atoms with van der Waals surface area (Å²) < 4.78 is 2.36. The maximum absolute atomic E-state index is 5.51. The number of para-hydroxylation sites is 2. The molecule has 0 radical (unpaired) electrons. The van der Waals surface area contributed by atoms with Crippen molar-refractivity contribution in [1.29, 1.82) is 0 Å². The smallest absolute Gasteiger partial charge is 0.161 e. The van der Waals surface area contributed by atoms with Gasteiger partial charge >= 0.3 is 0 Å². The summed E-state index contributed by atoms with van der Waals surface area (Å²) >= 11 is 0. The summed E-state index contributed by atoms with van der Waals surface area (Å²) in [6.45, 7) is 4.77. The summed E-state index contributed by atoms with van der Waals surface area (Å²) in [6, 6.07) is 72.2. The van der Waals surface area contributed by atoms with Gasteiger partial charge in [-0.05, 0) is 91.3 Å². The van der Waals surface area contributed by atoms with E-state index in [1.165, 1.54) is 60.3 Å². The number of nitrogens with zero attached hydrogens (tertiary/aromatic N) is 3. The van der Waals surface area contributed by atoms with Crippen LogP contribution in [-0.2, 0) is 5.41 Å². The molecule has 0 N–H and O–H groups in total. The first-order valence-electron chi connectivity index (χ1n) is 20.8. The highest BCUT2D eigenvalue weighted by Crippen LogP contribution is 2.55. The SMILES string of the molecule is CC1(C)c2ccc3ccccc3c2-c2cccc(-c3ccc(-c4nc(-c5ccccc5)cc(-c5cccc6c5c5ccccc5n6-c5ccccc5)n4)c4ccccc34)c21. The Kier molecular flexibility index (Phi) is 7.58. The zero-order valence-electron chi connectivity index (χ0n) is 33.4. The van der Waals surface area contributed by atoms with Crippen molar-refractivity contribution in [3.63, 3.8) is 0 Å². The van der Waals surface area contributed by atoms with E-state index >= 15 is 0 Å². The zero-order chi connectivity index (χ0) is 40.0. The number of hydrogen-bond donors (Lipinski definition) is 0. The summed E-state index contributed by atoms with van der Waals surface area (Å²) in [4.78, 5) is 10.9. The molecule has 2 heterocycles. The molecule has 12 rings (SSSR count). The molecular formula is C57H39N3. The Bertz CT molecular complexity index is 3500. The fourth-order valence-corrected chi connectivity index (χ4v) is 10.2. The molecule has 1 aliphatic rings. The van der Waals surface area contributed by atoms with E-state index in [2.05, 4.69) is 219 Å². The molecule has 0 aliphatic heterocycles. The van der Waals surface area contributed by atoms with Gasteiger partial charge < -0.3 is 4.57 Å². The van der Waals surface area contributed by atoms with Crippen LogP contribution >= 0.6 is 0 Å². The number of benzene rings is 9. The zero-order valence-corrected chi connectivity index (χ0v) is 33.4. The molecule has 60 heavy (non-hydrogen) atoms. The first kappa shape index (κ1) is 34.4. The monoisotopic (exact) mass is 765 g/mol. The third-order valence-electron chi connectivity index (χ3n) is 12.8. The maximum atomic E-state index is 5.51. The fourth-order valence-electron chi connectivity index (χ4n) is 10.2. The molecule has 1 aliphatic carbocycles. The van der Waals surface area contributed by atoms with E-state index in [1.807, 2.05) is 0 Å². The fraction of sp³-hybridized carbons (Fsp3) is 0.0526. The third kappa shape index (κ3) is 5.09. The normalized spacial score (nSPS) is 13.0. The van der Waals surface area contributed by atoms with Crippen LogP contribution < -0.4 is 0 Å². The summed E-state index contributed by atoms with van der Waals surface area (Å²) in [6.07, 6.45) is 0. The van der Waals surface area contributed by atoms with Gasteiger partial charge in [0.25, 0.3) is 0 Å². The Labute approximate surface area is 348 Å². The Morgan fingerprint density at radius 1 is 0.417 bits per heavy atom. The Balaban J connectivity index is 1.08. The molecule has 9 aromatic carbocycles. The standard InChI is InChI=1S/C57H39N3/c1-57(2)48-34-31-36-17-9-10-22-39(36)53(48)47-28-15-26-43(55(47)57)42-32-33-44(41-24-12-11-23-40(41)42)56-58-49(37-18-5-3-6-19-37)35-50(59-56)45-27-16-30-52-54(45)46-25-13-14-29-51(46)60(52)38-20-7-4-8-21-38/h3-35H,1-2H3. The van der Waals surface area contributed by atoms with Gasteiger partial charge in [-0.3, -0.25) is 0 Å². The summed E-state index contributed by atoms with van der Waals surface area (Å²) in [5.74, 6) is 0.704. The van der Waals surface area contributed by atoms with Crippen LogP contribution in [-0.4, -0.2) is 14.5 Å². The Hall–Kier alpha value is -7.62. The maximum Gasteiger partial charge on any atom is 0.161 e. The van der Waals surface area contributed by atoms with E-state index in [1.54, 1.807) is 0 Å². The lowest BCUT2D eigenvalue weighted by Gasteiger charge is -2.25. The van der Waals surface area contributed by atoms with Crippen molar-refractivity contribution in [3.05, 3.63) is 211 Å². The van der Waals surface area contributed by atoms with E-state index in [0.717, 1.165) is 50.2 Å². The average Bonchev–Trinajstić information content (AvgIpc) is 3.77. The lowest BCUT2D eigenvalue weighted by atomic mass is 9.78. The number of fused-ring (bicyclic) bond motifs is 9. The van der Waals surface area contributed by atoms with Gasteiger partial charge in [-0.1, -0.05) is 178 Å². The minimum absolute atomic E-state index is 0.183. The number of rotatable bonds is 5. The second-order valence-electron chi connectivity index (χ2n) is 16.5. The van der Waals surface area contributed by atoms with Crippen molar-refractivity contribution in [2.75, 3.05) is 0 Å². The van der Waals surface area contributed by atoms with Crippen molar-refractivity contribution in [3.8, 4) is 61.8 Å². The molecule has 3 nitrogen and oxygen atoms in total. The van der Waals surface area contributed by atoms with Gasteiger partial charge in [0.1, 0.15) is 0 Å². The van der Waals surface area contributed by atoms with E-state index in [-0.39, 0.29) is 5.41 Å². The first-order valence-corrected chi connectivity index (χ1v) is 20.8. The Morgan fingerprint density at radius 2 is 1.02 bits per heavy atom. The summed E-state index contributed by atoms with van der Waals surface area (Å²) in [5, 5.41) is 7.26. The van der Waals surface area contributed by atoms with Crippen LogP contribution in [0.2, 0.25) is 0 Å². The van der Waals surface area contributed by atoms with Gasteiger partial charge in [-0.25, -0.2) is 9.97 Å². The highest BCUT2D eigenvalue weighted by Gasteiger charge is 2.38. The van der Waals surface area contributed by atoms with Crippen LogP contribution in [0, 0.1) is 0 Å². The molecule has 0 atom stereocenters. The van der Waals surface area contributed by atoms with E-state index in [0.29, 0.717) is 5.82 Å². The highest BCUT2D eigenvalue weighted by atomic mass is 15.0. The average molecular weight is 766 g/mol. The lowest BCUT2D eigenvalue weighted by molar-refractivity contribution is 0.662. The molecule has 2 aromatic heterocycles. The number of aromatic nitrogens is 3. The predicted molar refractivity (Wildman–Crippen MR) is 251 cm³/mol. The molecule has 0 amide bonds. The van der Waals surface area contributed by atoms with Crippen molar-refractivity contribution < 1.29 is 0 Å². The molecular weight excluding hydrogens is 727 g/mol. The molecule has 11 aromatic rings. The molecule has 3 heteroatoms. The van der Waals surface area contributed by atoms with Crippen molar-refractivity contribution >= 4 is 43.4 Å². The predicted octanol–water partition coefficient (Wildman–Crippen LogP) is 14.9. The van der Waals surface area contributed by atoms with Crippen molar-refractivity contribution in [2.24, 2.45) is 0 Å². The Morgan fingerprint density at radius 3 is 1.83 bits per heavy atom. The summed E-state index contributed by atoms with van der Waals surface area (Å²) in [5.41, 5.74) is 16.1. The van der Waals surface area contributed by atoms with Gasteiger partial charge in [0.2, 0.25) is 0 Å². The highest BCUT2D eigenvalue weighted by molar-refractivity contribution is 6.16. The minimum Gasteiger partial charge on any atom is -0.309 e. The quantitative estimate of drug-likeness (QED) is 0.175. The van der Waals surface area contributed by atoms with Crippen LogP contribution in [0.1, 0.15) is 25.0 Å². The van der Waals surface area contributed by atoms with Gasteiger partial charge in [-0.2, -0.15) is 0 Å². The van der Waals surface area contributed by atoms with Gasteiger partial charge in [-0.15, -0.1) is 0 Å². The van der Waals surface area contributed by atoms with Crippen LogP contribution in [0.15, 0.2) is 200 Å². The van der Waals surface area contributed by atoms with Crippen LogP contribution in [0.5, 0.6) is 0 Å². The second-order valence-corrected chi connectivity index (χ2v) is 16.5. The molecule has 0 saturated carbocycles. The topological polar surface area (TPSA) is 30.7 Å². The first-order chi connectivity index (χ1) is 29.5.